The highest BCUT2D eigenvalue weighted by Crippen LogP contribution is 2.23. The van der Waals surface area contributed by atoms with Crippen molar-refractivity contribution >= 4 is 27.0 Å². The molecule has 0 saturated heterocycles. The molecule has 5 nitrogen and oxygen atoms in total. The van der Waals surface area contributed by atoms with Gasteiger partial charge in [-0.3, -0.25) is 9.71 Å². The number of sulfonamides is 1. The first-order valence-electron chi connectivity index (χ1n) is 5.27. The van der Waals surface area contributed by atoms with Crippen LogP contribution in [0.15, 0.2) is 40.9 Å². The zero-order valence-electron chi connectivity index (χ0n) is 9.75. The molecule has 2 rings (SSSR count). The maximum atomic E-state index is 12.2. The number of hydrogen-bond donors (Lipinski definition) is 2. The van der Waals surface area contributed by atoms with Crippen molar-refractivity contribution in [1.29, 1.82) is 0 Å². The molecule has 2 aromatic rings. The number of nitrogens with one attached hydrogen (secondary N) is 2. The lowest BCUT2D eigenvalue weighted by molar-refractivity contribution is 0.600. The van der Waals surface area contributed by atoms with E-state index in [2.05, 4.69) is 15.0 Å². The zero-order chi connectivity index (χ0) is 13.0. The van der Waals surface area contributed by atoms with Crippen molar-refractivity contribution in [2.75, 3.05) is 11.8 Å². The minimum Gasteiger partial charge on any atom is -0.315 e. The average molecular weight is 283 g/mol. The molecule has 0 atom stereocenters. The smallest absolute Gasteiger partial charge is 0.263 e. The Morgan fingerprint density at radius 2 is 2.22 bits per heavy atom. The highest BCUT2D eigenvalue weighted by atomic mass is 32.2. The van der Waals surface area contributed by atoms with Crippen LogP contribution in [0.5, 0.6) is 0 Å². The Morgan fingerprint density at radius 3 is 2.89 bits per heavy atom. The summed E-state index contributed by atoms with van der Waals surface area (Å²) in [5.74, 6) is 0. The third-order valence-electron chi connectivity index (χ3n) is 2.25. The summed E-state index contributed by atoms with van der Waals surface area (Å²) in [7, 11) is -1.76. The molecular formula is C11H13N3O2S2. The Balaban J connectivity index is 2.28. The first-order chi connectivity index (χ1) is 8.63. The molecule has 96 valence electrons. The van der Waals surface area contributed by atoms with E-state index in [-0.39, 0.29) is 0 Å². The SMILES string of the molecule is CNCc1sccc1S(=O)(=O)Nc1cccnc1. The van der Waals surface area contributed by atoms with Gasteiger partial charge in [0.1, 0.15) is 4.90 Å². The second-order valence-corrected chi connectivity index (χ2v) is 6.24. The van der Waals surface area contributed by atoms with Gasteiger partial charge in [-0.1, -0.05) is 0 Å². The summed E-state index contributed by atoms with van der Waals surface area (Å²) in [5.41, 5.74) is 0.458. The summed E-state index contributed by atoms with van der Waals surface area (Å²) in [5, 5.41) is 4.72. The van der Waals surface area contributed by atoms with E-state index in [9.17, 15) is 8.42 Å². The van der Waals surface area contributed by atoms with Gasteiger partial charge in [-0.25, -0.2) is 8.42 Å². The van der Waals surface area contributed by atoms with Crippen molar-refractivity contribution in [3.8, 4) is 0 Å². The number of aromatic nitrogens is 1. The molecule has 0 unspecified atom stereocenters. The fraction of sp³-hybridized carbons (Fsp3) is 0.182. The van der Waals surface area contributed by atoms with Gasteiger partial charge in [0.2, 0.25) is 0 Å². The molecular weight excluding hydrogens is 270 g/mol. The van der Waals surface area contributed by atoms with E-state index in [1.54, 1.807) is 36.8 Å². The third-order valence-corrected chi connectivity index (χ3v) is 4.76. The normalized spacial score (nSPS) is 11.4. The predicted octanol–water partition coefficient (Wildman–Crippen LogP) is 1.66. The summed E-state index contributed by atoms with van der Waals surface area (Å²) in [6, 6.07) is 4.95. The molecule has 0 fully saturated rings. The molecule has 0 bridgehead atoms. The largest absolute Gasteiger partial charge is 0.315 e. The van der Waals surface area contributed by atoms with Crippen LogP contribution in [0.3, 0.4) is 0 Å². The predicted molar refractivity (Wildman–Crippen MR) is 72.1 cm³/mol. The van der Waals surface area contributed by atoms with Crippen molar-refractivity contribution in [2.24, 2.45) is 0 Å². The van der Waals surface area contributed by atoms with Gasteiger partial charge in [0.25, 0.3) is 10.0 Å². The Hall–Kier alpha value is -1.44. The topological polar surface area (TPSA) is 71.1 Å². The van der Waals surface area contributed by atoms with Crippen LogP contribution in [-0.4, -0.2) is 20.4 Å². The standard InChI is InChI=1S/C11H13N3O2S2/c1-12-8-10-11(4-6-17-10)18(15,16)14-9-3-2-5-13-7-9/h2-7,12,14H,8H2,1H3. The van der Waals surface area contributed by atoms with E-state index < -0.39 is 10.0 Å². The molecule has 0 aliphatic rings. The highest BCUT2D eigenvalue weighted by molar-refractivity contribution is 7.93. The van der Waals surface area contributed by atoms with E-state index in [4.69, 9.17) is 0 Å². The van der Waals surface area contributed by atoms with E-state index in [0.29, 0.717) is 17.1 Å². The van der Waals surface area contributed by atoms with Crippen molar-refractivity contribution in [3.63, 3.8) is 0 Å². The number of hydrogen-bond acceptors (Lipinski definition) is 5. The summed E-state index contributed by atoms with van der Waals surface area (Å²) < 4.78 is 26.9. The van der Waals surface area contributed by atoms with Crippen LogP contribution in [0.4, 0.5) is 5.69 Å². The molecule has 0 aliphatic carbocycles. The van der Waals surface area contributed by atoms with Gasteiger partial charge in [0.05, 0.1) is 11.9 Å². The Morgan fingerprint density at radius 1 is 1.39 bits per heavy atom. The van der Waals surface area contributed by atoms with Gasteiger partial charge in [0.15, 0.2) is 0 Å². The first kappa shape index (κ1) is 13.0. The Labute approximate surface area is 110 Å². The average Bonchev–Trinajstić information content (AvgIpc) is 2.79. The molecule has 2 heterocycles. The first-order valence-corrected chi connectivity index (χ1v) is 7.63. The van der Waals surface area contributed by atoms with Crippen LogP contribution in [0.2, 0.25) is 0 Å². The van der Waals surface area contributed by atoms with Gasteiger partial charge in [-0.2, -0.15) is 0 Å². The van der Waals surface area contributed by atoms with Gasteiger partial charge in [-0.05, 0) is 30.6 Å². The second-order valence-electron chi connectivity index (χ2n) is 3.59. The summed E-state index contributed by atoms with van der Waals surface area (Å²) >= 11 is 1.41. The Kier molecular flexibility index (Phi) is 3.95. The van der Waals surface area contributed by atoms with Crippen LogP contribution in [-0.2, 0) is 16.6 Å². The quantitative estimate of drug-likeness (QED) is 0.875. The van der Waals surface area contributed by atoms with E-state index in [1.807, 2.05) is 0 Å². The molecule has 2 N–H and O–H groups in total. The van der Waals surface area contributed by atoms with Gasteiger partial charge in [0, 0.05) is 17.6 Å². The van der Waals surface area contributed by atoms with E-state index >= 15 is 0 Å². The summed E-state index contributed by atoms with van der Waals surface area (Å²) in [6.07, 6.45) is 3.07. The zero-order valence-corrected chi connectivity index (χ0v) is 11.4. The highest BCUT2D eigenvalue weighted by Gasteiger charge is 2.19. The van der Waals surface area contributed by atoms with E-state index in [1.165, 1.54) is 17.5 Å². The molecule has 0 radical (unpaired) electrons. The second kappa shape index (κ2) is 5.47. The van der Waals surface area contributed by atoms with Crippen molar-refractivity contribution in [3.05, 3.63) is 40.8 Å². The fourth-order valence-corrected chi connectivity index (χ4v) is 3.99. The lowest BCUT2D eigenvalue weighted by Crippen LogP contribution is -2.15. The molecule has 0 spiro atoms. The monoisotopic (exact) mass is 283 g/mol. The minimum absolute atomic E-state index is 0.311. The van der Waals surface area contributed by atoms with Crippen molar-refractivity contribution < 1.29 is 8.42 Å². The lowest BCUT2D eigenvalue weighted by Gasteiger charge is -2.08. The van der Waals surface area contributed by atoms with Gasteiger partial charge in [-0.15, -0.1) is 11.3 Å². The maximum absolute atomic E-state index is 12.2. The summed E-state index contributed by atoms with van der Waals surface area (Å²) in [6.45, 7) is 0.529. The molecule has 18 heavy (non-hydrogen) atoms. The molecule has 0 saturated carbocycles. The number of pyridine rings is 1. The van der Waals surface area contributed by atoms with Gasteiger partial charge >= 0.3 is 0 Å². The van der Waals surface area contributed by atoms with Crippen molar-refractivity contribution in [1.82, 2.24) is 10.3 Å². The summed E-state index contributed by atoms with van der Waals surface area (Å²) in [4.78, 5) is 4.97. The van der Waals surface area contributed by atoms with Crippen LogP contribution in [0.25, 0.3) is 0 Å². The Bertz CT molecular complexity index is 608. The van der Waals surface area contributed by atoms with E-state index in [0.717, 1.165) is 4.88 Å². The van der Waals surface area contributed by atoms with Crippen molar-refractivity contribution in [2.45, 2.75) is 11.4 Å². The number of rotatable bonds is 5. The van der Waals surface area contributed by atoms with Crippen LogP contribution in [0.1, 0.15) is 4.88 Å². The molecule has 7 heteroatoms. The number of nitrogens with zero attached hydrogens (tertiary/aromatic N) is 1. The van der Waals surface area contributed by atoms with Gasteiger partial charge < -0.3 is 5.32 Å². The number of thiophene rings is 1. The molecule has 0 aliphatic heterocycles. The molecule has 0 aromatic carbocycles. The minimum atomic E-state index is -3.54. The lowest BCUT2D eigenvalue weighted by atomic mass is 10.4. The third kappa shape index (κ3) is 2.87. The maximum Gasteiger partial charge on any atom is 0.263 e. The number of anilines is 1. The van der Waals surface area contributed by atoms with Crippen LogP contribution in [0, 0.1) is 0 Å². The fourth-order valence-electron chi connectivity index (χ4n) is 1.49. The molecule has 0 amide bonds. The molecule has 2 aromatic heterocycles. The van der Waals surface area contributed by atoms with Crippen LogP contribution < -0.4 is 10.0 Å². The van der Waals surface area contributed by atoms with Crippen LogP contribution >= 0.6 is 11.3 Å².